The molecule has 0 spiro atoms. The lowest BCUT2D eigenvalue weighted by molar-refractivity contribution is -0.932. The molecule has 1 amide bonds. The molecule has 1 fully saturated rings. The molecule has 5 nitrogen and oxygen atoms in total. The Labute approximate surface area is 148 Å². The van der Waals surface area contributed by atoms with Crippen molar-refractivity contribution in [3.05, 3.63) is 53.9 Å². The minimum atomic E-state index is -0.150. The van der Waals surface area contributed by atoms with Crippen LogP contribution in [0.4, 0.5) is 5.69 Å². The van der Waals surface area contributed by atoms with Gasteiger partial charge in [0.15, 0.2) is 11.8 Å². The van der Waals surface area contributed by atoms with Crippen molar-refractivity contribution in [3.63, 3.8) is 0 Å². The van der Waals surface area contributed by atoms with Crippen LogP contribution < -0.4 is 10.2 Å². The zero-order chi connectivity index (χ0) is 18.0. The van der Waals surface area contributed by atoms with E-state index in [1.807, 2.05) is 13.0 Å². The lowest BCUT2D eigenvalue weighted by Gasteiger charge is -2.27. The zero-order valence-electron chi connectivity index (χ0n) is 15.1. The number of aromatic nitrogens is 1. The Bertz CT molecular complexity index is 781. The van der Waals surface area contributed by atoms with Crippen LogP contribution in [0.5, 0.6) is 0 Å². The normalized spacial score (nSPS) is 21.1. The number of carbonyl (C=O) groups is 2. The molecule has 132 valence electrons. The van der Waals surface area contributed by atoms with Gasteiger partial charge in [-0.15, -0.1) is 0 Å². The Hall–Kier alpha value is -2.40. The summed E-state index contributed by atoms with van der Waals surface area (Å²) in [5, 5.41) is 2.98. The van der Waals surface area contributed by atoms with Crippen LogP contribution in [0.2, 0.25) is 0 Å². The maximum atomic E-state index is 12.8. The molecule has 1 aliphatic rings. The third-order valence-electron chi connectivity index (χ3n) is 5.23. The van der Waals surface area contributed by atoms with Crippen LogP contribution in [0, 0.1) is 0 Å². The van der Waals surface area contributed by atoms with E-state index >= 15 is 0 Å². The van der Waals surface area contributed by atoms with E-state index < -0.39 is 0 Å². The summed E-state index contributed by atoms with van der Waals surface area (Å²) in [4.78, 5) is 25.6. The van der Waals surface area contributed by atoms with E-state index in [0.29, 0.717) is 17.3 Å². The van der Waals surface area contributed by atoms with Crippen LogP contribution >= 0.6 is 0 Å². The molecule has 0 aliphatic carbocycles. The van der Waals surface area contributed by atoms with E-state index in [1.165, 1.54) is 17.5 Å². The molecule has 2 aromatic rings. The first-order valence-corrected chi connectivity index (χ1v) is 8.86. The first-order valence-electron chi connectivity index (χ1n) is 8.86. The Morgan fingerprint density at radius 2 is 2.08 bits per heavy atom. The molecule has 2 heterocycles. The maximum Gasteiger partial charge on any atom is 0.282 e. The number of likely N-dealkylation sites (tertiary alicyclic amines) is 1. The Kier molecular flexibility index (Phi) is 5.04. The van der Waals surface area contributed by atoms with Gasteiger partial charge in [0.2, 0.25) is 0 Å². The Morgan fingerprint density at radius 1 is 1.28 bits per heavy atom. The Balaban J connectivity index is 1.72. The van der Waals surface area contributed by atoms with E-state index in [-0.39, 0.29) is 17.7 Å². The van der Waals surface area contributed by atoms with Crippen LogP contribution in [-0.4, -0.2) is 28.8 Å². The average molecular weight is 340 g/mol. The number of nitrogens with one attached hydrogen (secondary N) is 2. The van der Waals surface area contributed by atoms with Crippen molar-refractivity contribution >= 4 is 17.4 Å². The molecule has 1 unspecified atom stereocenters. The van der Waals surface area contributed by atoms with E-state index in [4.69, 9.17) is 0 Å². The maximum absolute atomic E-state index is 12.8. The molecule has 2 N–H and O–H groups in total. The van der Waals surface area contributed by atoms with Crippen molar-refractivity contribution < 1.29 is 14.5 Å². The van der Waals surface area contributed by atoms with Crippen molar-refractivity contribution in [2.45, 2.75) is 38.8 Å². The molecule has 0 saturated carbocycles. The van der Waals surface area contributed by atoms with E-state index in [1.54, 1.807) is 18.2 Å². The van der Waals surface area contributed by atoms with Crippen LogP contribution in [0.1, 0.15) is 48.8 Å². The quantitative estimate of drug-likeness (QED) is 0.818. The summed E-state index contributed by atoms with van der Waals surface area (Å²) in [5.41, 5.74) is 2.57. The van der Waals surface area contributed by atoms with Crippen molar-refractivity contribution in [2.24, 2.45) is 7.05 Å². The number of quaternary nitrogens is 1. The number of carbonyl (C=O) groups excluding carboxylic acids is 2. The predicted molar refractivity (Wildman–Crippen MR) is 97.8 cm³/mol. The lowest BCUT2D eigenvalue weighted by Crippen LogP contribution is -3.15. The van der Waals surface area contributed by atoms with Gasteiger partial charge in [-0.25, -0.2) is 0 Å². The Morgan fingerprint density at radius 3 is 2.76 bits per heavy atom. The molecular formula is C20H26N3O2+. The number of ketones is 1. The first-order chi connectivity index (χ1) is 12.0. The number of anilines is 1. The summed E-state index contributed by atoms with van der Waals surface area (Å²) in [7, 11) is 2.06. The molecular weight excluding hydrogens is 314 g/mol. The molecule has 3 atom stereocenters. The van der Waals surface area contributed by atoms with Gasteiger partial charge in [-0.05, 0) is 38.1 Å². The fraction of sp³-hybridized carbons (Fsp3) is 0.400. The van der Waals surface area contributed by atoms with Crippen LogP contribution in [0.3, 0.4) is 0 Å². The third-order valence-corrected chi connectivity index (χ3v) is 5.23. The number of rotatable bonds is 5. The topological polar surface area (TPSA) is 55.5 Å². The molecule has 3 rings (SSSR count). The standard InChI is InChI=1S/C20H25N3O2/c1-14(20(25)21-17-8-4-7-16(13-17)15(2)24)23-12-6-10-19(23)18-9-5-11-22(18)3/h4-5,7-9,11,13-14,19H,6,10,12H2,1-3H3,(H,21,25)/p+1/t14-,19+/m0/s1. The second kappa shape index (κ2) is 7.23. The van der Waals surface area contributed by atoms with E-state index in [9.17, 15) is 9.59 Å². The van der Waals surface area contributed by atoms with Gasteiger partial charge in [-0.2, -0.15) is 0 Å². The molecule has 5 heteroatoms. The van der Waals surface area contributed by atoms with Crippen LogP contribution in [-0.2, 0) is 11.8 Å². The highest BCUT2D eigenvalue weighted by atomic mass is 16.2. The predicted octanol–water partition coefficient (Wildman–Crippen LogP) is 1.97. The van der Waals surface area contributed by atoms with E-state index in [2.05, 4.69) is 35.3 Å². The second-order valence-corrected chi connectivity index (χ2v) is 6.91. The first kappa shape index (κ1) is 17.4. The number of nitrogens with zero attached hydrogens (tertiary/aromatic N) is 1. The number of benzene rings is 1. The number of hydrogen-bond acceptors (Lipinski definition) is 2. The van der Waals surface area contributed by atoms with E-state index in [0.717, 1.165) is 19.4 Å². The summed E-state index contributed by atoms with van der Waals surface area (Å²) in [6, 6.07) is 11.5. The highest BCUT2D eigenvalue weighted by Crippen LogP contribution is 2.20. The van der Waals surface area contributed by atoms with Gasteiger partial charge in [0.25, 0.3) is 5.91 Å². The number of Topliss-reactive ketones (excluding diaryl/α,β-unsaturated/α-hetero) is 1. The minimum Gasteiger partial charge on any atom is -0.350 e. The average Bonchev–Trinajstić information content (AvgIpc) is 3.22. The highest BCUT2D eigenvalue weighted by molar-refractivity contribution is 5.97. The number of aryl methyl sites for hydroxylation is 1. The fourth-order valence-electron chi connectivity index (χ4n) is 3.80. The van der Waals surface area contributed by atoms with Gasteiger partial charge in [0, 0.05) is 37.3 Å². The molecule has 0 radical (unpaired) electrons. The number of hydrogen-bond donors (Lipinski definition) is 2. The molecule has 1 saturated heterocycles. The van der Waals surface area contributed by atoms with Crippen molar-refractivity contribution in [1.82, 2.24) is 4.57 Å². The monoisotopic (exact) mass is 340 g/mol. The molecule has 1 aromatic carbocycles. The van der Waals surface area contributed by atoms with Crippen LogP contribution in [0.25, 0.3) is 0 Å². The zero-order valence-corrected chi connectivity index (χ0v) is 15.1. The molecule has 1 aliphatic heterocycles. The fourth-order valence-corrected chi connectivity index (χ4v) is 3.80. The largest absolute Gasteiger partial charge is 0.350 e. The second-order valence-electron chi connectivity index (χ2n) is 6.91. The van der Waals surface area contributed by atoms with Crippen molar-refractivity contribution in [3.8, 4) is 0 Å². The minimum absolute atomic E-state index is 0.00177. The molecule has 25 heavy (non-hydrogen) atoms. The highest BCUT2D eigenvalue weighted by Gasteiger charge is 2.38. The smallest absolute Gasteiger partial charge is 0.282 e. The van der Waals surface area contributed by atoms with Crippen molar-refractivity contribution in [2.75, 3.05) is 11.9 Å². The van der Waals surface area contributed by atoms with Gasteiger partial charge in [-0.1, -0.05) is 12.1 Å². The van der Waals surface area contributed by atoms with Crippen LogP contribution in [0.15, 0.2) is 42.6 Å². The van der Waals surface area contributed by atoms with Gasteiger partial charge in [-0.3, -0.25) is 9.59 Å². The van der Waals surface area contributed by atoms with Gasteiger partial charge in [0.1, 0.15) is 6.04 Å². The summed E-state index contributed by atoms with van der Waals surface area (Å²) in [5.74, 6) is -0.00472. The summed E-state index contributed by atoms with van der Waals surface area (Å²) >= 11 is 0. The summed E-state index contributed by atoms with van der Waals surface area (Å²) in [6.07, 6.45) is 4.29. The van der Waals surface area contributed by atoms with Gasteiger partial charge in [0.05, 0.1) is 12.2 Å². The molecule has 0 bridgehead atoms. The lowest BCUT2D eigenvalue weighted by atomic mass is 10.1. The number of amides is 1. The van der Waals surface area contributed by atoms with Gasteiger partial charge < -0.3 is 14.8 Å². The SMILES string of the molecule is CC(=O)c1cccc(NC(=O)[C@H](C)[NH+]2CCC[C@@H]2c2cccn2C)c1. The summed E-state index contributed by atoms with van der Waals surface area (Å²) in [6.45, 7) is 4.51. The van der Waals surface area contributed by atoms with Crippen molar-refractivity contribution in [1.29, 1.82) is 0 Å². The third kappa shape index (κ3) is 3.66. The summed E-state index contributed by atoms with van der Waals surface area (Å²) < 4.78 is 2.15. The van der Waals surface area contributed by atoms with Gasteiger partial charge >= 0.3 is 0 Å². The molecule has 1 aromatic heterocycles.